The van der Waals surface area contributed by atoms with Gasteiger partial charge in [0.25, 0.3) is 5.91 Å². The number of carbonyl (C=O) groups excluding carboxylic acids is 1. The van der Waals surface area contributed by atoms with Crippen molar-refractivity contribution in [3.05, 3.63) is 53.8 Å². The predicted molar refractivity (Wildman–Crippen MR) is 94.9 cm³/mol. The normalized spacial score (nSPS) is 11.0. The zero-order valence-corrected chi connectivity index (χ0v) is 14.3. The van der Waals surface area contributed by atoms with Crippen LogP contribution in [0.15, 0.2) is 47.7 Å². The SMILES string of the molecule is C=C(/C=N\N(C)C)CCOc1ccc(C(=O)N/C=C/C)c(C)c1. The number of rotatable bonds is 8. The van der Waals surface area contributed by atoms with Crippen LogP contribution in [-0.4, -0.2) is 37.8 Å². The van der Waals surface area contributed by atoms with Gasteiger partial charge in [0.2, 0.25) is 0 Å². The van der Waals surface area contributed by atoms with Crippen molar-refractivity contribution in [1.29, 1.82) is 0 Å². The van der Waals surface area contributed by atoms with E-state index in [2.05, 4.69) is 17.0 Å². The van der Waals surface area contributed by atoms with Crippen molar-refractivity contribution in [3.63, 3.8) is 0 Å². The standard InChI is InChI=1S/C18H25N3O2/c1-6-10-19-18(22)17-8-7-16(12-15(17)3)23-11-9-14(2)13-20-21(4)5/h6-8,10,12-13H,2,9,11H2,1,3-5H3,(H,19,22)/b10-6+,20-13-. The molecule has 1 aromatic carbocycles. The van der Waals surface area contributed by atoms with E-state index in [-0.39, 0.29) is 5.91 Å². The molecule has 1 rings (SSSR count). The summed E-state index contributed by atoms with van der Waals surface area (Å²) < 4.78 is 5.70. The molecule has 0 aliphatic heterocycles. The number of nitrogens with one attached hydrogen (secondary N) is 1. The fourth-order valence-corrected chi connectivity index (χ4v) is 1.78. The van der Waals surface area contributed by atoms with Gasteiger partial charge in [-0.25, -0.2) is 0 Å². The second-order valence-corrected chi connectivity index (χ2v) is 5.30. The summed E-state index contributed by atoms with van der Waals surface area (Å²) in [5.74, 6) is 0.614. The van der Waals surface area contributed by atoms with Gasteiger partial charge in [-0.05, 0) is 49.4 Å². The van der Waals surface area contributed by atoms with Crippen LogP contribution in [0.3, 0.4) is 0 Å². The van der Waals surface area contributed by atoms with Crippen molar-refractivity contribution in [2.24, 2.45) is 5.10 Å². The van der Waals surface area contributed by atoms with Gasteiger partial charge >= 0.3 is 0 Å². The van der Waals surface area contributed by atoms with E-state index in [4.69, 9.17) is 4.74 Å². The van der Waals surface area contributed by atoms with Gasteiger partial charge in [-0.1, -0.05) is 12.7 Å². The first-order valence-corrected chi connectivity index (χ1v) is 7.48. The first kappa shape index (κ1) is 18.5. The Labute approximate surface area is 138 Å². The van der Waals surface area contributed by atoms with Crippen LogP contribution >= 0.6 is 0 Å². The zero-order valence-electron chi connectivity index (χ0n) is 14.3. The fourth-order valence-electron chi connectivity index (χ4n) is 1.78. The van der Waals surface area contributed by atoms with Crippen molar-refractivity contribution in [1.82, 2.24) is 10.3 Å². The van der Waals surface area contributed by atoms with Crippen molar-refractivity contribution in [2.75, 3.05) is 20.7 Å². The first-order valence-electron chi connectivity index (χ1n) is 7.48. The Morgan fingerprint density at radius 1 is 1.43 bits per heavy atom. The van der Waals surface area contributed by atoms with E-state index in [1.807, 2.05) is 34.0 Å². The summed E-state index contributed by atoms with van der Waals surface area (Å²) in [6.45, 7) is 8.18. The molecule has 0 fully saturated rings. The molecule has 0 unspecified atom stereocenters. The van der Waals surface area contributed by atoms with E-state index in [1.54, 1.807) is 35.6 Å². The van der Waals surface area contributed by atoms with Crippen LogP contribution in [0.5, 0.6) is 5.75 Å². The van der Waals surface area contributed by atoms with Crippen LogP contribution in [0.1, 0.15) is 29.3 Å². The van der Waals surface area contributed by atoms with Crippen LogP contribution in [0, 0.1) is 6.92 Å². The van der Waals surface area contributed by atoms with Gasteiger partial charge in [-0.3, -0.25) is 4.79 Å². The van der Waals surface area contributed by atoms with Gasteiger partial charge < -0.3 is 15.1 Å². The molecular formula is C18H25N3O2. The molecule has 0 heterocycles. The molecule has 1 N–H and O–H groups in total. The Morgan fingerprint density at radius 2 is 2.17 bits per heavy atom. The highest BCUT2D eigenvalue weighted by Crippen LogP contribution is 2.18. The van der Waals surface area contributed by atoms with Crippen molar-refractivity contribution in [3.8, 4) is 5.75 Å². The second-order valence-electron chi connectivity index (χ2n) is 5.30. The van der Waals surface area contributed by atoms with Gasteiger partial charge in [-0.2, -0.15) is 5.10 Å². The lowest BCUT2D eigenvalue weighted by molar-refractivity contribution is 0.0969. The maximum atomic E-state index is 11.9. The minimum Gasteiger partial charge on any atom is -0.493 e. The molecule has 0 spiro atoms. The number of allylic oxidation sites excluding steroid dienone is 1. The highest BCUT2D eigenvalue weighted by atomic mass is 16.5. The maximum Gasteiger partial charge on any atom is 0.255 e. The highest BCUT2D eigenvalue weighted by molar-refractivity contribution is 5.96. The molecule has 5 heteroatoms. The van der Waals surface area contributed by atoms with Gasteiger partial charge in [0.15, 0.2) is 0 Å². The highest BCUT2D eigenvalue weighted by Gasteiger charge is 2.08. The van der Waals surface area contributed by atoms with Crippen LogP contribution < -0.4 is 10.1 Å². The minimum absolute atomic E-state index is 0.125. The number of hydrogen-bond acceptors (Lipinski definition) is 4. The Balaban J connectivity index is 2.55. The van der Waals surface area contributed by atoms with Crippen molar-refractivity contribution < 1.29 is 9.53 Å². The topological polar surface area (TPSA) is 53.9 Å². The van der Waals surface area contributed by atoms with Crippen LogP contribution in [-0.2, 0) is 0 Å². The third-order valence-corrected chi connectivity index (χ3v) is 2.99. The summed E-state index contributed by atoms with van der Waals surface area (Å²) in [5.41, 5.74) is 2.41. The molecule has 0 saturated carbocycles. The molecule has 124 valence electrons. The number of amides is 1. The summed E-state index contributed by atoms with van der Waals surface area (Å²) in [4.78, 5) is 11.9. The largest absolute Gasteiger partial charge is 0.493 e. The summed E-state index contributed by atoms with van der Waals surface area (Å²) >= 11 is 0. The van der Waals surface area contributed by atoms with E-state index >= 15 is 0 Å². The van der Waals surface area contributed by atoms with Crippen LogP contribution in [0.25, 0.3) is 0 Å². The van der Waals surface area contributed by atoms with Gasteiger partial charge in [-0.15, -0.1) is 0 Å². The Bertz CT molecular complexity index is 604. The zero-order chi connectivity index (χ0) is 17.2. The lowest BCUT2D eigenvalue weighted by Crippen LogP contribution is -2.18. The molecule has 0 radical (unpaired) electrons. The smallest absolute Gasteiger partial charge is 0.255 e. The Hall–Kier alpha value is -2.56. The lowest BCUT2D eigenvalue weighted by atomic mass is 10.1. The quantitative estimate of drug-likeness (QED) is 0.592. The van der Waals surface area contributed by atoms with E-state index in [0.29, 0.717) is 18.6 Å². The third-order valence-electron chi connectivity index (χ3n) is 2.99. The summed E-state index contributed by atoms with van der Waals surface area (Å²) in [6.07, 6.45) is 5.81. The maximum absolute atomic E-state index is 11.9. The summed E-state index contributed by atoms with van der Waals surface area (Å²) in [5, 5.41) is 8.54. The van der Waals surface area contributed by atoms with E-state index in [1.165, 1.54) is 0 Å². The summed E-state index contributed by atoms with van der Waals surface area (Å²) in [6, 6.07) is 5.43. The molecular weight excluding hydrogens is 290 g/mol. The van der Waals surface area contributed by atoms with Gasteiger partial charge in [0.1, 0.15) is 5.75 Å². The molecule has 0 aliphatic carbocycles. The van der Waals surface area contributed by atoms with Gasteiger partial charge in [0, 0.05) is 32.3 Å². The van der Waals surface area contributed by atoms with Crippen molar-refractivity contribution >= 4 is 12.1 Å². The molecule has 1 amide bonds. The molecule has 0 atom stereocenters. The van der Waals surface area contributed by atoms with Crippen molar-refractivity contribution in [2.45, 2.75) is 20.3 Å². The third kappa shape index (κ3) is 6.82. The molecule has 0 saturated heterocycles. The number of carbonyl (C=O) groups is 1. The number of hydrogen-bond donors (Lipinski definition) is 1. The molecule has 5 nitrogen and oxygen atoms in total. The number of benzene rings is 1. The monoisotopic (exact) mass is 315 g/mol. The number of aryl methyl sites for hydroxylation is 1. The second kappa shape index (κ2) is 9.46. The Morgan fingerprint density at radius 3 is 2.78 bits per heavy atom. The Kier molecular flexibility index (Phi) is 7.60. The van der Waals surface area contributed by atoms with E-state index in [9.17, 15) is 4.79 Å². The first-order chi connectivity index (χ1) is 10.9. The molecule has 1 aromatic rings. The van der Waals surface area contributed by atoms with Crippen LogP contribution in [0.4, 0.5) is 0 Å². The van der Waals surface area contributed by atoms with Crippen LogP contribution in [0.2, 0.25) is 0 Å². The van der Waals surface area contributed by atoms with E-state index in [0.717, 1.165) is 16.9 Å². The molecule has 23 heavy (non-hydrogen) atoms. The average molecular weight is 315 g/mol. The molecule has 0 aromatic heterocycles. The number of hydrazone groups is 1. The predicted octanol–water partition coefficient (Wildman–Crippen LogP) is 3.13. The summed E-state index contributed by atoms with van der Waals surface area (Å²) in [7, 11) is 3.72. The number of nitrogens with zero attached hydrogens (tertiary/aromatic N) is 2. The fraction of sp³-hybridized carbons (Fsp3) is 0.333. The number of ether oxygens (including phenoxy) is 1. The molecule has 0 bridgehead atoms. The van der Waals surface area contributed by atoms with E-state index < -0.39 is 0 Å². The minimum atomic E-state index is -0.125. The lowest BCUT2D eigenvalue weighted by Gasteiger charge is -2.10. The van der Waals surface area contributed by atoms with Gasteiger partial charge in [0.05, 0.1) is 6.61 Å². The molecule has 0 aliphatic rings. The average Bonchev–Trinajstić information content (AvgIpc) is 2.50.